The van der Waals surface area contributed by atoms with Crippen molar-refractivity contribution in [2.45, 2.75) is 31.6 Å². The lowest BCUT2D eigenvalue weighted by Crippen LogP contribution is -2.26. The second-order valence-electron chi connectivity index (χ2n) is 7.98. The summed E-state index contributed by atoms with van der Waals surface area (Å²) in [6.07, 6.45) is 1.39. The van der Waals surface area contributed by atoms with Gasteiger partial charge in [0.15, 0.2) is 0 Å². The molecule has 1 amide bonds. The van der Waals surface area contributed by atoms with Gasteiger partial charge in [-0.05, 0) is 61.7 Å². The van der Waals surface area contributed by atoms with Crippen molar-refractivity contribution in [3.05, 3.63) is 89.2 Å². The molecule has 0 aliphatic carbocycles. The van der Waals surface area contributed by atoms with Crippen molar-refractivity contribution in [3.8, 4) is 0 Å². The Morgan fingerprint density at radius 3 is 2.58 bits per heavy atom. The molecule has 0 fully saturated rings. The number of amides is 1. The van der Waals surface area contributed by atoms with Gasteiger partial charge in [0.25, 0.3) is 15.9 Å². The van der Waals surface area contributed by atoms with Crippen LogP contribution in [0.3, 0.4) is 0 Å². The molecule has 0 bridgehead atoms. The standard InChI is InChI=1S/C25H26N4O3S/c1-17-13-14-18(2)23(16-17)33(31,32)29-20-9-4-3-8-19(20)25(30)26-15-7-12-24-27-21-10-5-6-11-22(21)28-24/h3-6,8-11,13-14,16,29H,7,12,15H2,1-2H3,(H,26,30)(H,27,28). The van der Waals surface area contributed by atoms with Crippen LogP contribution in [0.1, 0.15) is 33.7 Å². The minimum atomic E-state index is -3.84. The van der Waals surface area contributed by atoms with E-state index in [1.165, 1.54) is 0 Å². The topological polar surface area (TPSA) is 104 Å². The smallest absolute Gasteiger partial charge is 0.262 e. The first-order chi connectivity index (χ1) is 15.8. The predicted octanol–water partition coefficient (Wildman–Crippen LogP) is 4.34. The maximum absolute atomic E-state index is 13.0. The fourth-order valence-corrected chi connectivity index (χ4v) is 5.05. The third kappa shape index (κ3) is 5.23. The molecule has 0 aliphatic rings. The van der Waals surface area contributed by atoms with Gasteiger partial charge in [-0.15, -0.1) is 0 Å². The summed E-state index contributed by atoms with van der Waals surface area (Å²) in [5, 5.41) is 2.87. The van der Waals surface area contributed by atoms with E-state index in [1.54, 1.807) is 43.3 Å². The van der Waals surface area contributed by atoms with Gasteiger partial charge >= 0.3 is 0 Å². The number of H-pyrrole nitrogens is 1. The minimum Gasteiger partial charge on any atom is -0.352 e. The highest BCUT2D eigenvalue weighted by molar-refractivity contribution is 7.92. The number of aromatic nitrogens is 2. The summed E-state index contributed by atoms with van der Waals surface area (Å²) in [7, 11) is -3.84. The van der Waals surface area contributed by atoms with E-state index in [9.17, 15) is 13.2 Å². The fraction of sp³-hybridized carbons (Fsp3) is 0.200. The van der Waals surface area contributed by atoms with Crippen molar-refractivity contribution < 1.29 is 13.2 Å². The number of aryl methyl sites for hydroxylation is 3. The number of aromatic amines is 1. The number of fused-ring (bicyclic) bond motifs is 1. The van der Waals surface area contributed by atoms with E-state index in [0.717, 1.165) is 22.4 Å². The zero-order chi connectivity index (χ0) is 23.4. The van der Waals surface area contributed by atoms with Gasteiger partial charge in [-0.2, -0.15) is 0 Å². The summed E-state index contributed by atoms with van der Waals surface area (Å²) < 4.78 is 28.6. The molecule has 3 aromatic carbocycles. The van der Waals surface area contributed by atoms with Crippen LogP contribution < -0.4 is 10.0 Å². The second-order valence-corrected chi connectivity index (χ2v) is 9.63. The van der Waals surface area contributed by atoms with Crippen molar-refractivity contribution in [3.63, 3.8) is 0 Å². The molecule has 0 unspecified atom stereocenters. The molecule has 4 aromatic rings. The van der Waals surface area contributed by atoms with Crippen molar-refractivity contribution in [1.29, 1.82) is 0 Å². The maximum Gasteiger partial charge on any atom is 0.262 e. The molecule has 0 saturated carbocycles. The largest absolute Gasteiger partial charge is 0.352 e. The lowest BCUT2D eigenvalue weighted by Gasteiger charge is -2.14. The minimum absolute atomic E-state index is 0.198. The van der Waals surface area contributed by atoms with Crippen LogP contribution >= 0.6 is 0 Å². The highest BCUT2D eigenvalue weighted by atomic mass is 32.2. The van der Waals surface area contributed by atoms with E-state index >= 15 is 0 Å². The molecule has 4 rings (SSSR count). The van der Waals surface area contributed by atoms with Crippen LogP contribution in [0.25, 0.3) is 11.0 Å². The number of nitrogens with zero attached hydrogens (tertiary/aromatic N) is 1. The van der Waals surface area contributed by atoms with Crippen LogP contribution in [-0.2, 0) is 16.4 Å². The number of carbonyl (C=O) groups is 1. The van der Waals surface area contributed by atoms with Gasteiger partial charge in [-0.25, -0.2) is 13.4 Å². The number of nitrogens with one attached hydrogen (secondary N) is 3. The fourth-order valence-electron chi connectivity index (χ4n) is 3.64. The number of benzene rings is 3. The Morgan fingerprint density at radius 2 is 1.76 bits per heavy atom. The van der Waals surface area contributed by atoms with Gasteiger partial charge in [0.1, 0.15) is 5.82 Å². The Labute approximate surface area is 193 Å². The van der Waals surface area contributed by atoms with E-state index in [0.29, 0.717) is 24.9 Å². The Hall–Kier alpha value is -3.65. The van der Waals surface area contributed by atoms with Crippen LogP contribution in [0.4, 0.5) is 5.69 Å². The monoisotopic (exact) mass is 462 g/mol. The lowest BCUT2D eigenvalue weighted by molar-refractivity contribution is 0.0954. The zero-order valence-electron chi connectivity index (χ0n) is 18.6. The molecule has 0 atom stereocenters. The molecule has 1 aromatic heterocycles. The van der Waals surface area contributed by atoms with E-state index in [-0.39, 0.29) is 22.1 Å². The number of hydrogen-bond donors (Lipinski definition) is 3. The summed E-state index contributed by atoms with van der Waals surface area (Å²) in [5.41, 5.74) is 3.91. The van der Waals surface area contributed by atoms with Crippen LogP contribution in [0.2, 0.25) is 0 Å². The first kappa shape index (κ1) is 22.5. The van der Waals surface area contributed by atoms with Gasteiger partial charge in [0, 0.05) is 13.0 Å². The highest BCUT2D eigenvalue weighted by Crippen LogP contribution is 2.23. The van der Waals surface area contributed by atoms with Gasteiger partial charge in [-0.1, -0.05) is 36.4 Å². The average molecular weight is 463 g/mol. The number of imidazole rings is 1. The predicted molar refractivity (Wildman–Crippen MR) is 130 cm³/mol. The van der Waals surface area contributed by atoms with Crippen molar-refractivity contribution in [1.82, 2.24) is 15.3 Å². The van der Waals surface area contributed by atoms with E-state index in [1.807, 2.05) is 37.3 Å². The molecule has 7 nitrogen and oxygen atoms in total. The number of carbonyl (C=O) groups excluding carboxylic acids is 1. The Morgan fingerprint density at radius 1 is 1.00 bits per heavy atom. The van der Waals surface area contributed by atoms with Gasteiger partial charge in [0.2, 0.25) is 0 Å². The Balaban J connectivity index is 1.41. The third-order valence-corrected chi connectivity index (χ3v) is 6.87. The second kappa shape index (κ2) is 9.46. The summed E-state index contributed by atoms with van der Waals surface area (Å²) in [5.74, 6) is 0.533. The molecule has 8 heteroatoms. The summed E-state index contributed by atoms with van der Waals surface area (Å²) in [4.78, 5) is 20.8. The average Bonchev–Trinajstić information content (AvgIpc) is 3.21. The molecule has 33 heavy (non-hydrogen) atoms. The number of para-hydroxylation sites is 3. The van der Waals surface area contributed by atoms with Crippen molar-refractivity contribution in [2.24, 2.45) is 0 Å². The Bertz CT molecular complexity index is 1380. The van der Waals surface area contributed by atoms with Crippen molar-refractivity contribution in [2.75, 3.05) is 11.3 Å². The third-order valence-electron chi connectivity index (χ3n) is 5.36. The van der Waals surface area contributed by atoms with Crippen LogP contribution in [0.5, 0.6) is 0 Å². The number of anilines is 1. The van der Waals surface area contributed by atoms with E-state index in [2.05, 4.69) is 20.0 Å². The first-order valence-corrected chi connectivity index (χ1v) is 12.2. The van der Waals surface area contributed by atoms with Crippen LogP contribution in [0, 0.1) is 13.8 Å². The molecular formula is C25H26N4O3S. The molecular weight excluding hydrogens is 436 g/mol. The molecule has 0 spiro atoms. The lowest BCUT2D eigenvalue weighted by atomic mass is 10.1. The SMILES string of the molecule is Cc1ccc(C)c(S(=O)(=O)Nc2ccccc2C(=O)NCCCc2nc3ccccc3[nH]2)c1. The van der Waals surface area contributed by atoms with E-state index in [4.69, 9.17) is 0 Å². The van der Waals surface area contributed by atoms with Gasteiger partial charge in [0.05, 0.1) is 27.2 Å². The molecule has 0 saturated heterocycles. The summed E-state index contributed by atoms with van der Waals surface area (Å²) in [6.45, 7) is 4.02. The molecule has 1 heterocycles. The number of hydrogen-bond acceptors (Lipinski definition) is 4. The van der Waals surface area contributed by atoms with Crippen molar-refractivity contribution >= 4 is 32.7 Å². The number of rotatable bonds is 8. The van der Waals surface area contributed by atoms with Crippen LogP contribution in [-0.4, -0.2) is 30.8 Å². The first-order valence-electron chi connectivity index (χ1n) is 10.7. The summed E-state index contributed by atoms with van der Waals surface area (Å²) >= 11 is 0. The Kier molecular flexibility index (Phi) is 6.46. The normalized spacial score (nSPS) is 11.5. The molecule has 3 N–H and O–H groups in total. The van der Waals surface area contributed by atoms with Gasteiger partial charge in [-0.3, -0.25) is 9.52 Å². The summed E-state index contributed by atoms with van der Waals surface area (Å²) in [6, 6.07) is 19.7. The molecule has 0 radical (unpaired) electrons. The highest BCUT2D eigenvalue weighted by Gasteiger charge is 2.20. The molecule has 0 aliphatic heterocycles. The van der Waals surface area contributed by atoms with E-state index < -0.39 is 10.0 Å². The van der Waals surface area contributed by atoms with Crippen LogP contribution in [0.15, 0.2) is 71.6 Å². The number of sulfonamides is 1. The van der Waals surface area contributed by atoms with Gasteiger partial charge < -0.3 is 10.3 Å². The zero-order valence-corrected chi connectivity index (χ0v) is 19.4. The maximum atomic E-state index is 13.0. The quantitative estimate of drug-likeness (QED) is 0.339. The molecule has 170 valence electrons.